The van der Waals surface area contributed by atoms with Crippen LogP contribution in [0.5, 0.6) is 11.5 Å². The first-order chi connectivity index (χ1) is 12.4. The van der Waals surface area contributed by atoms with Crippen LogP contribution in [-0.2, 0) is 27.7 Å². The lowest BCUT2D eigenvalue weighted by Crippen LogP contribution is -2.27. The second-order valence-corrected chi connectivity index (χ2v) is 7.51. The molecule has 26 heavy (non-hydrogen) atoms. The molecular weight excluding hydrogens is 356 g/mol. The predicted octanol–water partition coefficient (Wildman–Crippen LogP) is 1.01. The van der Waals surface area contributed by atoms with E-state index in [0.717, 1.165) is 11.1 Å². The molecule has 0 radical (unpaired) electrons. The van der Waals surface area contributed by atoms with E-state index in [1.807, 2.05) is 18.2 Å². The van der Waals surface area contributed by atoms with Crippen LogP contribution in [0.3, 0.4) is 0 Å². The third-order valence-corrected chi connectivity index (χ3v) is 4.89. The van der Waals surface area contributed by atoms with E-state index in [2.05, 4.69) is 5.32 Å². The highest BCUT2D eigenvalue weighted by Gasteiger charge is 2.13. The minimum absolute atomic E-state index is 0.0730. The van der Waals surface area contributed by atoms with Crippen LogP contribution >= 0.6 is 0 Å². The molecule has 3 rings (SSSR count). The Hall–Kier alpha value is -2.58. The summed E-state index contributed by atoms with van der Waals surface area (Å²) in [7, 11) is -3.68. The number of ether oxygens (including phenoxy) is 2. The quantitative estimate of drug-likeness (QED) is 0.782. The predicted molar refractivity (Wildman–Crippen MR) is 95.7 cm³/mol. The van der Waals surface area contributed by atoms with Gasteiger partial charge in [-0.3, -0.25) is 4.79 Å². The lowest BCUT2D eigenvalue weighted by molar-refractivity contribution is -0.120. The van der Waals surface area contributed by atoms with E-state index in [1.54, 1.807) is 12.1 Å². The van der Waals surface area contributed by atoms with Gasteiger partial charge >= 0.3 is 0 Å². The fourth-order valence-corrected chi connectivity index (χ4v) is 3.15. The molecular formula is C18H20N2O5S. The second kappa shape index (κ2) is 7.76. The maximum Gasteiger partial charge on any atom is 0.238 e. The van der Waals surface area contributed by atoms with E-state index in [0.29, 0.717) is 37.7 Å². The Morgan fingerprint density at radius 1 is 1.00 bits per heavy atom. The van der Waals surface area contributed by atoms with Gasteiger partial charge in [-0.15, -0.1) is 0 Å². The average molecular weight is 376 g/mol. The molecule has 1 heterocycles. The maximum atomic E-state index is 12.1. The Morgan fingerprint density at radius 3 is 2.35 bits per heavy atom. The highest BCUT2D eigenvalue weighted by Crippen LogP contribution is 2.30. The normalized spacial score (nSPS) is 13.3. The minimum atomic E-state index is -3.68. The van der Waals surface area contributed by atoms with Crippen LogP contribution in [0.25, 0.3) is 0 Å². The number of hydrogen-bond donors (Lipinski definition) is 2. The van der Waals surface area contributed by atoms with E-state index in [4.69, 9.17) is 14.6 Å². The summed E-state index contributed by atoms with van der Waals surface area (Å²) in [5.41, 5.74) is 1.77. The van der Waals surface area contributed by atoms with Crippen molar-refractivity contribution in [1.82, 2.24) is 5.32 Å². The van der Waals surface area contributed by atoms with Gasteiger partial charge in [0.25, 0.3) is 0 Å². The van der Waals surface area contributed by atoms with Crippen molar-refractivity contribution in [2.24, 2.45) is 5.14 Å². The van der Waals surface area contributed by atoms with E-state index < -0.39 is 10.0 Å². The first-order valence-corrected chi connectivity index (χ1v) is 9.73. The summed E-state index contributed by atoms with van der Waals surface area (Å²) in [5.74, 6) is 1.27. The molecule has 7 nitrogen and oxygen atoms in total. The molecule has 1 amide bonds. The van der Waals surface area contributed by atoms with Crippen molar-refractivity contribution >= 4 is 15.9 Å². The van der Waals surface area contributed by atoms with Crippen LogP contribution in [0.2, 0.25) is 0 Å². The smallest absolute Gasteiger partial charge is 0.238 e. The van der Waals surface area contributed by atoms with Crippen molar-refractivity contribution in [1.29, 1.82) is 0 Å². The molecule has 0 atom stereocenters. The largest absolute Gasteiger partial charge is 0.486 e. The summed E-state index contributed by atoms with van der Waals surface area (Å²) < 4.78 is 33.4. The van der Waals surface area contributed by atoms with Gasteiger partial charge in [0, 0.05) is 6.54 Å². The lowest BCUT2D eigenvalue weighted by Gasteiger charge is -2.18. The van der Waals surface area contributed by atoms with Crippen molar-refractivity contribution in [3.05, 3.63) is 53.6 Å². The lowest BCUT2D eigenvalue weighted by atomic mass is 10.1. The molecule has 138 valence electrons. The Balaban J connectivity index is 1.48. The van der Waals surface area contributed by atoms with Crippen LogP contribution < -0.4 is 19.9 Å². The highest BCUT2D eigenvalue weighted by atomic mass is 32.2. The Morgan fingerprint density at radius 2 is 1.65 bits per heavy atom. The first kappa shape index (κ1) is 18.2. The number of hydrogen-bond acceptors (Lipinski definition) is 5. The van der Waals surface area contributed by atoms with Gasteiger partial charge in [0.1, 0.15) is 13.2 Å². The van der Waals surface area contributed by atoms with Gasteiger partial charge < -0.3 is 14.8 Å². The number of rotatable bonds is 6. The molecule has 2 aromatic carbocycles. The van der Waals surface area contributed by atoms with Gasteiger partial charge in [-0.1, -0.05) is 18.2 Å². The number of primary sulfonamides is 1. The molecule has 3 N–H and O–H groups in total. The standard InChI is InChI=1S/C18H20N2O5S/c19-26(22,23)15-4-1-13(2-5-15)7-8-20-18(21)12-14-3-6-16-17(11-14)25-10-9-24-16/h1-6,11H,7-10,12H2,(H,20,21)(H2,19,22,23). The Kier molecular flexibility index (Phi) is 5.43. The zero-order valence-electron chi connectivity index (χ0n) is 14.1. The van der Waals surface area contributed by atoms with Gasteiger partial charge in [-0.05, 0) is 41.8 Å². The number of nitrogens with two attached hydrogens (primary N) is 1. The van der Waals surface area contributed by atoms with E-state index in [-0.39, 0.29) is 17.2 Å². The molecule has 0 spiro atoms. The SMILES string of the molecule is NS(=O)(=O)c1ccc(CCNC(=O)Cc2ccc3c(c2)OCCO3)cc1. The monoisotopic (exact) mass is 376 g/mol. The summed E-state index contributed by atoms with van der Waals surface area (Å²) in [4.78, 5) is 12.2. The Bertz CT molecular complexity index is 894. The first-order valence-electron chi connectivity index (χ1n) is 8.19. The fourth-order valence-electron chi connectivity index (χ4n) is 2.64. The third-order valence-electron chi connectivity index (χ3n) is 3.96. The van der Waals surface area contributed by atoms with Crippen LogP contribution in [0, 0.1) is 0 Å². The number of nitrogens with one attached hydrogen (secondary N) is 1. The second-order valence-electron chi connectivity index (χ2n) is 5.94. The van der Waals surface area contributed by atoms with Gasteiger partial charge in [-0.25, -0.2) is 13.6 Å². The summed E-state index contributed by atoms with van der Waals surface area (Å²) in [5, 5.41) is 7.91. The molecule has 1 aliphatic rings. The molecule has 0 aliphatic carbocycles. The van der Waals surface area contributed by atoms with E-state index in [9.17, 15) is 13.2 Å². The summed E-state index contributed by atoms with van der Waals surface area (Å²) >= 11 is 0. The topological polar surface area (TPSA) is 108 Å². The number of sulfonamides is 1. The molecule has 0 saturated carbocycles. The summed E-state index contributed by atoms with van der Waals surface area (Å²) in [6, 6.07) is 11.8. The number of benzene rings is 2. The van der Waals surface area contributed by atoms with Crippen molar-refractivity contribution in [3.8, 4) is 11.5 Å². The number of carbonyl (C=O) groups excluding carboxylic acids is 1. The molecule has 0 fully saturated rings. The van der Waals surface area contributed by atoms with Crippen LogP contribution in [-0.4, -0.2) is 34.1 Å². The van der Waals surface area contributed by atoms with Crippen molar-refractivity contribution < 1.29 is 22.7 Å². The van der Waals surface area contributed by atoms with Crippen molar-refractivity contribution in [2.45, 2.75) is 17.7 Å². The zero-order chi connectivity index (χ0) is 18.6. The molecule has 8 heteroatoms. The molecule has 0 unspecified atom stereocenters. The van der Waals surface area contributed by atoms with Crippen LogP contribution in [0.15, 0.2) is 47.4 Å². The van der Waals surface area contributed by atoms with Crippen molar-refractivity contribution in [2.75, 3.05) is 19.8 Å². The minimum Gasteiger partial charge on any atom is -0.486 e. The number of amides is 1. The van der Waals surface area contributed by atoms with Gasteiger partial charge in [-0.2, -0.15) is 0 Å². The van der Waals surface area contributed by atoms with E-state index >= 15 is 0 Å². The average Bonchev–Trinajstić information content (AvgIpc) is 2.61. The van der Waals surface area contributed by atoms with Crippen LogP contribution in [0.4, 0.5) is 0 Å². The van der Waals surface area contributed by atoms with Crippen molar-refractivity contribution in [3.63, 3.8) is 0 Å². The van der Waals surface area contributed by atoms with Crippen LogP contribution in [0.1, 0.15) is 11.1 Å². The van der Waals surface area contributed by atoms with E-state index in [1.165, 1.54) is 12.1 Å². The van der Waals surface area contributed by atoms with Gasteiger partial charge in [0.2, 0.25) is 15.9 Å². The zero-order valence-corrected chi connectivity index (χ0v) is 14.9. The summed E-state index contributed by atoms with van der Waals surface area (Å²) in [6.07, 6.45) is 0.846. The maximum absolute atomic E-state index is 12.1. The molecule has 2 aromatic rings. The molecule has 1 aliphatic heterocycles. The Labute approximate surface area is 152 Å². The molecule has 0 bridgehead atoms. The summed E-state index contributed by atoms with van der Waals surface area (Å²) in [6.45, 7) is 1.50. The van der Waals surface area contributed by atoms with Gasteiger partial charge in [0.15, 0.2) is 11.5 Å². The third kappa shape index (κ3) is 4.74. The highest BCUT2D eigenvalue weighted by molar-refractivity contribution is 7.89. The molecule has 0 aromatic heterocycles. The van der Waals surface area contributed by atoms with Gasteiger partial charge in [0.05, 0.1) is 11.3 Å². The number of carbonyl (C=O) groups is 1. The number of fused-ring (bicyclic) bond motifs is 1. The fraction of sp³-hybridized carbons (Fsp3) is 0.278. The molecule has 0 saturated heterocycles.